The number of thiazole rings is 1. The van der Waals surface area contributed by atoms with Crippen molar-refractivity contribution in [1.29, 1.82) is 0 Å². The maximum absolute atomic E-state index is 4.43. The average molecular weight is 283 g/mol. The fraction of sp³-hybridized carbons (Fsp3) is 0.333. The summed E-state index contributed by atoms with van der Waals surface area (Å²) in [6.07, 6.45) is 0. The Balaban J connectivity index is 2.53. The minimum atomic E-state index is 0.216. The molecule has 1 aromatic rings. The molecule has 2 rings (SSSR count). The van der Waals surface area contributed by atoms with E-state index in [4.69, 9.17) is 0 Å². The second-order valence-electron chi connectivity index (χ2n) is 1.98. The summed E-state index contributed by atoms with van der Waals surface area (Å²) in [5, 5.41) is 2.53. The first-order valence-corrected chi connectivity index (χ1v) is 6.68. The summed E-state index contributed by atoms with van der Waals surface area (Å²) in [6.45, 7) is 4.31. The summed E-state index contributed by atoms with van der Waals surface area (Å²) in [7, 11) is 0. The van der Waals surface area contributed by atoms with Gasteiger partial charge in [0.1, 0.15) is 5.03 Å². The summed E-state index contributed by atoms with van der Waals surface area (Å²) in [5.74, 6) is 0. The Hall–Kier alpha value is 0.580. The van der Waals surface area contributed by atoms with Crippen LogP contribution >= 0.6 is 43.8 Å². The zero-order valence-electron chi connectivity index (χ0n) is 5.64. The minimum absolute atomic E-state index is 0.216. The number of rotatable bonds is 0. The Morgan fingerprint density at radius 2 is 2.20 bits per heavy atom. The molecule has 1 nitrogen and oxygen atoms in total. The molecule has 0 aliphatic carbocycles. The smallest absolute Gasteiger partial charge is 0.125 e. The predicted molar refractivity (Wildman–Crippen MR) is 56.1 cm³/mol. The van der Waals surface area contributed by atoms with Gasteiger partial charge in [0.2, 0.25) is 0 Å². The molecule has 0 spiro atoms. The molecule has 0 saturated carbocycles. The predicted octanol–water partition coefficient (Wildman–Crippen LogP) is 2.85. The lowest BCUT2D eigenvalue weighted by atomic mass is 10.8. The first-order valence-electron chi connectivity index (χ1n) is 2.89. The van der Waals surface area contributed by atoms with E-state index >= 15 is 0 Å². The Kier molecular flexibility index (Phi) is 1.86. The van der Waals surface area contributed by atoms with E-state index in [0.717, 1.165) is 0 Å². The van der Waals surface area contributed by atoms with E-state index in [1.807, 2.05) is 23.1 Å². The third-order valence-electron chi connectivity index (χ3n) is 1.12. The van der Waals surface area contributed by atoms with Crippen LogP contribution in [0.25, 0.3) is 0 Å². The van der Waals surface area contributed by atoms with Crippen LogP contribution in [0.15, 0.2) is 5.03 Å². The number of aryl methyl sites for hydroxylation is 1. The molecule has 0 amide bonds. The number of nitrogens with zero attached hydrogens (tertiary/aromatic N) is 1. The SMILES string of the molecule is CC1=Ic2sc(C)nc2S1. The molecule has 0 saturated heterocycles. The van der Waals surface area contributed by atoms with E-state index in [0.29, 0.717) is 0 Å². The maximum atomic E-state index is 4.43. The standard InChI is InChI=1S/C6H6INS2/c1-3-7-5-6(9-3)8-4(2)10-5/h1-2H3. The Morgan fingerprint density at radius 3 is 2.90 bits per heavy atom. The summed E-state index contributed by atoms with van der Waals surface area (Å²) in [4.78, 5) is 4.43. The third kappa shape index (κ3) is 1.16. The quantitative estimate of drug-likeness (QED) is 0.679. The minimum Gasteiger partial charge on any atom is -0.234 e. The van der Waals surface area contributed by atoms with Crippen LogP contribution in [-0.2, 0) is 0 Å². The fourth-order valence-corrected chi connectivity index (χ4v) is 7.72. The van der Waals surface area contributed by atoms with Gasteiger partial charge in [0.15, 0.2) is 0 Å². The van der Waals surface area contributed by atoms with Crippen LogP contribution in [0.5, 0.6) is 0 Å². The highest BCUT2D eigenvalue weighted by Crippen LogP contribution is 2.40. The van der Waals surface area contributed by atoms with Crippen LogP contribution in [0.2, 0.25) is 0 Å². The number of hydrogen-bond acceptors (Lipinski definition) is 3. The van der Waals surface area contributed by atoms with Crippen LogP contribution in [0, 0.1) is 9.81 Å². The molecule has 54 valence electrons. The molecule has 0 unspecified atom stereocenters. The van der Waals surface area contributed by atoms with Crippen molar-refractivity contribution >= 4 is 46.7 Å². The lowest BCUT2D eigenvalue weighted by molar-refractivity contribution is 1.14. The Bertz CT molecular complexity index is 303. The van der Waals surface area contributed by atoms with E-state index < -0.39 is 0 Å². The molecular formula is C6H6INS2. The molecule has 0 atom stereocenters. The normalized spacial score (nSPS) is 16.0. The van der Waals surface area contributed by atoms with Crippen molar-refractivity contribution in [3.8, 4) is 0 Å². The van der Waals surface area contributed by atoms with Gasteiger partial charge in [-0.3, -0.25) is 0 Å². The fourth-order valence-electron chi connectivity index (χ4n) is 0.779. The molecule has 0 fully saturated rings. The van der Waals surface area contributed by atoms with Crippen molar-refractivity contribution < 1.29 is 0 Å². The molecular weight excluding hydrogens is 277 g/mol. The lowest BCUT2D eigenvalue weighted by Gasteiger charge is -1.84. The van der Waals surface area contributed by atoms with E-state index in [-0.39, 0.29) is 20.7 Å². The number of hydrogen-bond donors (Lipinski definition) is 0. The molecule has 1 aromatic heterocycles. The van der Waals surface area contributed by atoms with E-state index in [9.17, 15) is 0 Å². The molecule has 0 bridgehead atoms. The molecule has 0 N–H and O–H groups in total. The second-order valence-corrected chi connectivity index (χ2v) is 9.09. The van der Waals surface area contributed by atoms with E-state index in [1.54, 1.807) is 5.72 Å². The van der Waals surface area contributed by atoms with Gasteiger partial charge in [-0.25, -0.2) is 4.98 Å². The van der Waals surface area contributed by atoms with E-state index in [1.165, 1.54) is 10.0 Å². The van der Waals surface area contributed by atoms with Crippen molar-refractivity contribution in [1.82, 2.24) is 4.98 Å². The van der Waals surface area contributed by atoms with Gasteiger partial charge in [-0.1, -0.05) is 32.5 Å². The summed E-state index contributed by atoms with van der Waals surface area (Å²) < 4.78 is 3.16. The second kappa shape index (κ2) is 2.57. The first kappa shape index (κ1) is 7.24. The van der Waals surface area contributed by atoms with Gasteiger partial charge in [-0.2, -0.15) is 0 Å². The van der Waals surface area contributed by atoms with Gasteiger partial charge in [-0.15, -0.1) is 11.3 Å². The number of halogens is 1. The van der Waals surface area contributed by atoms with Gasteiger partial charge in [0.25, 0.3) is 0 Å². The highest BCUT2D eigenvalue weighted by molar-refractivity contribution is 14.2. The Labute approximate surface area is 78.0 Å². The molecule has 10 heavy (non-hydrogen) atoms. The van der Waals surface area contributed by atoms with Crippen LogP contribution in [0.1, 0.15) is 11.9 Å². The van der Waals surface area contributed by atoms with Gasteiger partial charge in [-0.05, 0) is 13.8 Å². The van der Waals surface area contributed by atoms with Crippen molar-refractivity contribution in [3.05, 3.63) is 7.89 Å². The van der Waals surface area contributed by atoms with Crippen LogP contribution in [-0.4, -0.2) is 7.82 Å². The van der Waals surface area contributed by atoms with Gasteiger partial charge >= 0.3 is 0 Å². The van der Waals surface area contributed by atoms with Crippen LogP contribution in [0.3, 0.4) is 0 Å². The van der Waals surface area contributed by atoms with Gasteiger partial charge < -0.3 is 0 Å². The molecule has 4 heteroatoms. The molecule has 1 aliphatic heterocycles. The summed E-state index contributed by atoms with van der Waals surface area (Å²) in [5.41, 5.74) is 0. The zero-order chi connectivity index (χ0) is 7.14. The van der Waals surface area contributed by atoms with Crippen molar-refractivity contribution in [3.63, 3.8) is 0 Å². The number of fused-ring (bicyclic) bond motifs is 1. The van der Waals surface area contributed by atoms with Crippen molar-refractivity contribution in [2.24, 2.45) is 0 Å². The number of aromatic nitrogens is 1. The zero-order valence-corrected chi connectivity index (χ0v) is 9.43. The molecule has 0 radical (unpaired) electrons. The Morgan fingerprint density at radius 1 is 1.40 bits per heavy atom. The molecule has 2 heterocycles. The third-order valence-corrected chi connectivity index (χ3v) is 7.26. The van der Waals surface area contributed by atoms with Crippen LogP contribution < -0.4 is 0 Å². The highest BCUT2D eigenvalue weighted by Gasteiger charge is 2.15. The van der Waals surface area contributed by atoms with Crippen LogP contribution in [0.4, 0.5) is 0 Å². The summed E-state index contributed by atoms with van der Waals surface area (Å²) in [6, 6.07) is 0. The monoisotopic (exact) mass is 283 g/mol. The molecule has 1 aliphatic rings. The topological polar surface area (TPSA) is 12.9 Å². The van der Waals surface area contributed by atoms with E-state index in [2.05, 4.69) is 18.8 Å². The summed E-state index contributed by atoms with van der Waals surface area (Å²) >= 11 is 3.97. The maximum Gasteiger partial charge on any atom is 0.125 e. The van der Waals surface area contributed by atoms with Gasteiger partial charge in [0.05, 0.1) is 7.89 Å². The van der Waals surface area contributed by atoms with Gasteiger partial charge in [0, 0.05) is 2.84 Å². The van der Waals surface area contributed by atoms with Crippen molar-refractivity contribution in [2.75, 3.05) is 0 Å². The lowest BCUT2D eigenvalue weighted by Crippen LogP contribution is -1.73. The van der Waals surface area contributed by atoms with Crippen molar-refractivity contribution in [2.45, 2.75) is 18.9 Å². The highest BCUT2D eigenvalue weighted by atomic mass is 127. The average Bonchev–Trinajstić information content (AvgIpc) is 2.21. The largest absolute Gasteiger partial charge is 0.234 e. The first-order chi connectivity index (χ1) is 4.75. The number of thioether (sulfide) groups is 1. The molecule has 0 aromatic carbocycles.